The van der Waals surface area contributed by atoms with Crippen LogP contribution in [0.4, 0.5) is 0 Å². The molecule has 92 valence electrons. The van der Waals surface area contributed by atoms with Gasteiger partial charge < -0.3 is 9.47 Å². The maximum Gasteiger partial charge on any atom is 0.309 e. The van der Waals surface area contributed by atoms with E-state index in [-0.39, 0.29) is 11.6 Å². The van der Waals surface area contributed by atoms with Gasteiger partial charge in [0.1, 0.15) is 0 Å². The van der Waals surface area contributed by atoms with E-state index in [2.05, 4.69) is 25.5 Å². The van der Waals surface area contributed by atoms with Crippen molar-refractivity contribution in [2.75, 3.05) is 7.11 Å². The lowest BCUT2D eigenvalue weighted by Gasteiger charge is -2.02. The molecule has 0 aromatic heterocycles. The largest absolute Gasteiger partial charge is 0.469 e. The fraction of sp³-hybridized carbons (Fsp3) is 0.769. The predicted molar refractivity (Wildman–Crippen MR) is 63.2 cm³/mol. The van der Waals surface area contributed by atoms with Crippen LogP contribution in [-0.4, -0.2) is 24.8 Å². The molecular formula is C13H22O3. The van der Waals surface area contributed by atoms with Crippen LogP contribution in [0.3, 0.4) is 0 Å². The smallest absolute Gasteiger partial charge is 0.309 e. The molecule has 1 fully saturated rings. The van der Waals surface area contributed by atoms with Crippen LogP contribution in [0.1, 0.15) is 46.5 Å². The van der Waals surface area contributed by atoms with Gasteiger partial charge in [-0.1, -0.05) is 18.6 Å². The molecular weight excluding hydrogens is 204 g/mol. The van der Waals surface area contributed by atoms with Crippen LogP contribution < -0.4 is 0 Å². The van der Waals surface area contributed by atoms with E-state index in [4.69, 9.17) is 4.74 Å². The van der Waals surface area contributed by atoms with E-state index in [0.717, 1.165) is 19.3 Å². The predicted octanol–water partition coefficient (Wildman–Crippen LogP) is 2.84. The third-order valence-electron chi connectivity index (χ3n) is 3.38. The van der Waals surface area contributed by atoms with Gasteiger partial charge in [0.25, 0.3) is 0 Å². The van der Waals surface area contributed by atoms with Crippen molar-refractivity contribution in [3.63, 3.8) is 0 Å². The Bertz CT molecular complexity index is 283. The highest BCUT2D eigenvalue weighted by molar-refractivity contribution is 5.71. The summed E-state index contributed by atoms with van der Waals surface area (Å²) >= 11 is 0. The summed E-state index contributed by atoms with van der Waals surface area (Å²) in [6, 6.07) is 0. The molecule has 1 aliphatic heterocycles. The molecule has 0 bridgehead atoms. The molecule has 3 nitrogen and oxygen atoms in total. The molecule has 0 spiro atoms. The summed E-state index contributed by atoms with van der Waals surface area (Å²) in [6.07, 6.45) is 5.84. The minimum Gasteiger partial charge on any atom is -0.469 e. The minimum absolute atomic E-state index is 0.114. The van der Waals surface area contributed by atoms with Gasteiger partial charge in [-0.05, 0) is 33.1 Å². The molecule has 0 N–H and O–H groups in total. The highest BCUT2D eigenvalue weighted by Gasteiger charge is 2.49. The van der Waals surface area contributed by atoms with Gasteiger partial charge in [-0.3, -0.25) is 4.79 Å². The highest BCUT2D eigenvalue weighted by Crippen LogP contribution is 2.42. The quantitative estimate of drug-likeness (QED) is 0.397. The summed E-state index contributed by atoms with van der Waals surface area (Å²) in [5.41, 5.74) is 1.35. The number of esters is 1. The Morgan fingerprint density at radius 2 is 2.25 bits per heavy atom. The van der Waals surface area contributed by atoms with Crippen molar-refractivity contribution in [2.45, 2.75) is 58.2 Å². The zero-order valence-corrected chi connectivity index (χ0v) is 10.7. The van der Waals surface area contributed by atoms with Gasteiger partial charge >= 0.3 is 5.97 Å². The number of hydrogen-bond acceptors (Lipinski definition) is 3. The lowest BCUT2D eigenvalue weighted by Crippen LogP contribution is -2.07. The number of ether oxygens (including phenoxy) is 2. The zero-order chi connectivity index (χ0) is 12.2. The van der Waals surface area contributed by atoms with Crippen molar-refractivity contribution in [2.24, 2.45) is 0 Å². The van der Waals surface area contributed by atoms with Crippen molar-refractivity contribution < 1.29 is 14.3 Å². The number of methoxy groups -OCH3 is 1. The Balaban J connectivity index is 2.21. The first kappa shape index (κ1) is 13.2. The van der Waals surface area contributed by atoms with Crippen molar-refractivity contribution in [3.05, 3.63) is 11.6 Å². The molecule has 2 unspecified atom stereocenters. The molecule has 0 aliphatic carbocycles. The fourth-order valence-electron chi connectivity index (χ4n) is 1.77. The summed E-state index contributed by atoms with van der Waals surface area (Å²) in [5.74, 6) is -0.180. The van der Waals surface area contributed by atoms with Crippen LogP contribution in [0.5, 0.6) is 0 Å². The van der Waals surface area contributed by atoms with Gasteiger partial charge in [0.05, 0.1) is 25.2 Å². The molecule has 0 saturated carbocycles. The van der Waals surface area contributed by atoms with E-state index in [1.807, 2.05) is 6.08 Å². The first-order valence-corrected chi connectivity index (χ1v) is 5.92. The summed E-state index contributed by atoms with van der Waals surface area (Å²) in [6.45, 7) is 6.36. The standard InChI is InChI=1S/C13H22O3/c1-5-13(3)11(16-13)8-6-10(2)7-9-12(14)15-4/h7,11H,5-6,8-9H2,1-4H3. The maximum atomic E-state index is 10.9. The van der Waals surface area contributed by atoms with Crippen molar-refractivity contribution >= 4 is 5.97 Å². The number of rotatable bonds is 6. The van der Waals surface area contributed by atoms with Crippen molar-refractivity contribution in [3.8, 4) is 0 Å². The number of carbonyl (C=O) groups excluding carboxylic acids is 1. The first-order chi connectivity index (χ1) is 7.51. The van der Waals surface area contributed by atoms with E-state index in [9.17, 15) is 4.79 Å². The SMILES string of the molecule is CCC1(C)OC1CCC(C)=CCC(=O)OC. The second kappa shape index (κ2) is 5.48. The molecule has 2 atom stereocenters. The summed E-state index contributed by atoms with van der Waals surface area (Å²) < 4.78 is 10.2. The Labute approximate surface area is 97.8 Å². The molecule has 0 amide bonds. The average Bonchev–Trinajstić information content (AvgIpc) is 2.95. The van der Waals surface area contributed by atoms with E-state index >= 15 is 0 Å². The van der Waals surface area contributed by atoms with E-state index in [0.29, 0.717) is 12.5 Å². The summed E-state index contributed by atoms with van der Waals surface area (Å²) in [7, 11) is 1.41. The average molecular weight is 226 g/mol. The maximum absolute atomic E-state index is 10.9. The zero-order valence-electron chi connectivity index (χ0n) is 10.7. The molecule has 1 heterocycles. The highest BCUT2D eigenvalue weighted by atomic mass is 16.6. The fourth-order valence-corrected chi connectivity index (χ4v) is 1.77. The third-order valence-corrected chi connectivity index (χ3v) is 3.38. The lowest BCUT2D eigenvalue weighted by atomic mass is 9.99. The van der Waals surface area contributed by atoms with Gasteiger partial charge in [-0.25, -0.2) is 0 Å². The first-order valence-electron chi connectivity index (χ1n) is 5.92. The van der Waals surface area contributed by atoms with Crippen LogP contribution in [0.15, 0.2) is 11.6 Å². The van der Waals surface area contributed by atoms with Crippen molar-refractivity contribution in [1.29, 1.82) is 0 Å². The Hall–Kier alpha value is -0.830. The molecule has 16 heavy (non-hydrogen) atoms. The van der Waals surface area contributed by atoms with E-state index in [1.165, 1.54) is 12.7 Å². The minimum atomic E-state index is -0.180. The van der Waals surface area contributed by atoms with Crippen LogP contribution in [0.2, 0.25) is 0 Å². The molecule has 0 radical (unpaired) electrons. The van der Waals surface area contributed by atoms with Gasteiger partial charge in [0.15, 0.2) is 0 Å². The number of epoxide rings is 1. The molecule has 3 heteroatoms. The Kier molecular flexibility index (Phi) is 4.54. The molecule has 0 aromatic carbocycles. The molecule has 1 aliphatic rings. The second-order valence-electron chi connectivity index (χ2n) is 4.64. The monoisotopic (exact) mass is 226 g/mol. The normalized spacial score (nSPS) is 29.0. The van der Waals surface area contributed by atoms with E-state index < -0.39 is 0 Å². The van der Waals surface area contributed by atoms with Gasteiger partial charge in [0.2, 0.25) is 0 Å². The number of carbonyl (C=O) groups is 1. The van der Waals surface area contributed by atoms with Crippen LogP contribution in [0, 0.1) is 0 Å². The lowest BCUT2D eigenvalue weighted by molar-refractivity contribution is -0.139. The van der Waals surface area contributed by atoms with Gasteiger partial charge in [-0.2, -0.15) is 0 Å². The second-order valence-corrected chi connectivity index (χ2v) is 4.64. The van der Waals surface area contributed by atoms with Crippen LogP contribution >= 0.6 is 0 Å². The van der Waals surface area contributed by atoms with E-state index in [1.54, 1.807) is 0 Å². The molecule has 0 aromatic rings. The van der Waals surface area contributed by atoms with Crippen molar-refractivity contribution in [1.82, 2.24) is 0 Å². The number of allylic oxidation sites excluding steroid dienone is 1. The summed E-state index contributed by atoms with van der Waals surface area (Å²) in [4.78, 5) is 10.9. The Morgan fingerprint density at radius 3 is 2.75 bits per heavy atom. The van der Waals surface area contributed by atoms with Crippen LogP contribution in [-0.2, 0) is 14.3 Å². The third kappa shape index (κ3) is 3.63. The number of hydrogen-bond donors (Lipinski definition) is 0. The Morgan fingerprint density at radius 1 is 1.56 bits per heavy atom. The van der Waals surface area contributed by atoms with Gasteiger partial charge in [-0.15, -0.1) is 0 Å². The summed E-state index contributed by atoms with van der Waals surface area (Å²) in [5, 5.41) is 0. The van der Waals surface area contributed by atoms with Crippen LogP contribution in [0.25, 0.3) is 0 Å². The van der Waals surface area contributed by atoms with Gasteiger partial charge in [0, 0.05) is 0 Å². The molecule has 1 saturated heterocycles. The molecule has 1 rings (SSSR count). The topological polar surface area (TPSA) is 38.8 Å².